The number of para-hydroxylation sites is 1. The topological polar surface area (TPSA) is 58.6 Å². The highest BCUT2D eigenvalue weighted by molar-refractivity contribution is 5.66. The Bertz CT molecular complexity index is 668. The maximum atomic E-state index is 10.4. The van der Waals surface area contributed by atoms with E-state index in [2.05, 4.69) is 5.32 Å². The summed E-state index contributed by atoms with van der Waals surface area (Å²) in [5, 5.41) is 11.8. The SMILES string of the molecule is O=C(O)CCCCCNC=Cc1ccccc1OCc1ccccc1. The Labute approximate surface area is 149 Å². The number of hydrogen-bond donors (Lipinski definition) is 2. The molecule has 0 bridgehead atoms. The van der Waals surface area contributed by atoms with E-state index in [0.29, 0.717) is 6.61 Å². The summed E-state index contributed by atoms with van der Waals surface area (Å²) >= 11 is 0. The first-order valence-corrected chi connectivity index (χ1v) is 8.63. The normalized spacial score (nSPS) is 10.7. The average Bonchev–Trinajstić information content (AvgIpc) is 2.63. The summed E-state index contributed by atoms with van der Waals surface area (Å²) in [5.41, 5.74) is 2.16. The Kier molecular flexibility index (Phi) is 8.12. The van der Waals surface area contributed by atoms with Gasteiger partial charge in [0.15, 0.2) is 0 Å². The average molecular weight is 339 g/mol. The molecule has 0 saturated heterocycles. The van der Waals surface area contributed by atoms with Gasteiger partial charge in [-0.25, -0.2) is 0 Å². The van der Waals surface area contributed by atoms with Crippen LogP contribution in [0.1, 0.15) is 36.8 Å². The van der Waals surface area contributed by atoms with Gasteiger partial charge in [-0.15, -0.1) is 0 Å². The summed E-state index contributed by atoms with van der Waals surface area (Å²) in [7, 11) is 0. The van der Waals surface area contributed by atoms with E-state index >= 15 is 0 Å². The molecule has 2 aromatic carbocycles. The summed E-state index contributed by atoms with van der Waals surface area (Å²) in [6.45, 7) is 1.38. The van der Waals surface area contributed by atoms with Gasteiger partial charge in [-0.1, -0.05) is 55.0 Å². The lowest BCUT2D eigenvalue weighted by atomic mass is 10.2. The van der Waals surface area contributed by atoms with Crippen molar-refractivity contribution in [3.05, 3.63) is 71.9 Å². The van der Waals surface area contributed by atoms with Gasteiger partial charge in [-0.2, -0.15) is 0 Å². The van der Waals surface area contributed by atoms with Crippen LogP contribution < -0.4 is 10.1 Å². The molecule has 0 spiro atoms. The van der Waals surface area contributed by atoms with E-state index in [1.807, 2.05) is 66.9 Å². The molecule has 0 radical (unpaired) electrons. The van der Waals surface area contributed by atoms with Gasteiger partial charge in [0.2, 0.25) is 0 Å². The Morgan fingerprint density at radius 1 is 1.00 bits per heavy atom. The highest BCUT2D eigenvalue weighted by Crippen LogP contribution is 2.20. The van der Waals surface area contributed by atoms with Crippen LogP contribution in [0.5, 0.6) is 5.75 Å². The zero-order chi connectivity index (χ0) is 17.7. The molecule has 0 heterocycles. The second-order valence-electron chi connectivity index (χ2n) is 5.80. The van der Waals surface area contributed by atoms with Crippen molar-refractivity contribution in [2.24, 2.45) is 0 Å². The highest BCUT2D eigenvalue weighted by Gasteiger charge is 2.00. The highest BCUT2D eigenvalue weighted by atomic mass is 16.5. The zero-order valence-corrected chi connectivity index (χ0v) is 14.4. The van der Waals surface area contributed by atoms with Gasteiger partial charge in [0.25, 0.3) is 0 Å². The molecule has 132 valence electrons. The van der Waals surface area contributed by atoms with Gasteiger partial charge < -0.3 is 15.2 Å². The molecule has 0 aliphatic carbocycles. The number of hydrogen-bond acceptors (Lipinski definition) is 3. The second kappa shape index (κ2) is 10.9. The standard InChI is InChI=1S/C21H25NO3/c23-21(24)13-5-2-8-15-22-16-14-19-11-6-7-12-20(19)25-17-18-9-3-1-4-10-18/h1,3-4,6-7,9-12,14,16,22H,2,5,8,13,15,17H2,(H,23,24). The van der Waals surface area contributed by atoms with Gasteiger partial charge in [-0.3, -0.25) is 4.79 Å². The minimum Gasteiger partial charge on any atom is -0.488 e. The first-order valence-electron chi connectivity index (χ1n) is 8.63. The second-order valence-corrected chi connectivity index (χ2v) is 5.80. The van der Waals surface area contributed by atoms with Crippen LogP contribution in [0.3, 0.4) is 0 Å². The summed E-state index contributed by atoms with van der Waals surface area (Å²) in [5.74, 6) is 0.130. The third kappa shape index (κ3) is 7.57. The van der Waals surface area contributed by atoms with Crippen molar-refractivity contribution in [3.63, 3.8) is 0 Å². The molecule has 2 rings (SSSR count). The molecule has 4 nitrogen and oxygen atoms in total. The van der Waals surface area contributed by atoms with E-state index in [-0.39, 0.29) is 6.42 Å². The minimum absolute atomic E-state index is 0.252. The lowest BCUT2D eigenvalue weighted by Crippen LogP contribution is -2.06. The molecule has 0 aliphatic heterocycles. The third-order valence-electron chi connectivity index (χ3n) is 3.75. The summed E-state index contributed by atoms with van der Waals surface area (Å²) in [6, 6.07) is 18.0. The van der Waals surface area contributed by atoms with Crippen molar-refractivity contribution in [2.75, 3.05) is 6.54 Å². The molecule has 0 fully saturated rings. The van der Waals surface area contributed by atoms with Crippen molar-refractivity contribution in [3.8, 4) is 5.75 Å². The van der Waals surface area contributed by atoms with E-state index < -0.39 is 5.97 Å². The predicted molar refractivity (Wildman–Crippen MR) is 100 cm³/mol. The number of carboxylic acids is 1. The summed E-state index contributed by atoms with van der Waals surface area (Å²) in [6.07, 6.45) is 6.78. The maximum absolute atomic E-state index is 10.4. The number of unbranched alkanes of at least 4 members (excludes halogenated alkanes) is 2. The van der Waals surface area contributed by atoms with E-state index in [1.165, 1.54) is 0 Å². The lowest BCUT2D eigenvalue weighted by molar-refractivity contribution is -0.137. The zero-order valence-electron chi connectivity index (χ0n) is 14.4. The monoisotopic (exact) mass is 339 g/mol. The molecule has 0 aromatic heterocycles. The van der Waals surface area contributed by atoms with E-state index in [1.54, 1.807) is 0 Å². The number of rotatable bonds is 11. The first-order chi connectivity index (χ1) is 12.3. The molecule has 0 atom stereocenters. The van der Waals surface area contributed by atoms with E-state index in [0.717, 1.165) is 42.7 Å². The summed E-state index contributed by atoms with van der Waals surface area (Å²) < 4.78 is 5.92. The van der Waals surface area contributed by atoms with Crippen LogP contribution in [-0.4, -0.2) is 17.6 Å². The molecular formula is C21H25NO3. The van der Waals surface area contributed by atoms with Crippen LogP contribution in [0, 0.1) is 0 Å². The van der Waals surface area contributed by atoms with Crippen molar-refractivity contribution in [1.82, 2.24) is 5.32 Å². The molecule has 0 aliphatic rings. The fraction of sp³-hybridized carbons (Fsp3) is 0.286. The predicted octanol–water partition coefficient (Wildman–Crippen LogP) is 4.47. The van der Waals surface area contributed by atoms with Crippen LogP contribution in [0.4, 0.5) is 0 Å². The Morgan fingerprint density at radius 2 is 1.76 bits per heavy atom. The fourth-order valence-corrected chi connectivity index (χ4v) is 2.40. The maximum Gasteiger partial charge on any atom is 0.303 e. The van der Waals surface area contributed by atoms with E-state index in [4.69, 9.17) is 9.84 Å². The van der Waals surface area contributed by atoms with Crippen LogP contribution >= 0.6 is 0 Å². The van der Waals surface area contributed by atoms with Gasteiger partial charge in [0, 0.05) is 18.5 Å². The Hall–Kier alpha value is -2.75. The summed E-state index contributed by atoms with van der Waals surface area (Å²) in [4.78, 5) is 10.4. The van der Waals surface area contributed by atoms with Gasteiger partial charge in [0.1, 0.15) is 12.4 Å². The molecular weight excluding hydrogens is 314 g/mol. The number of carbonyl (C=O) groups is 1. The molecule has 2 N–H and O–H groups in total. The van der Waals surface area contributed by atoms with Crippen LogP contribution in [0.15, 0.2) is 60.8 Å². The first kappa shape index (κ1) is 18.6. The van der Waals surface area contributed by atoms with Crippen molar-refractivity contribution >= 4 is 12.0 Å². The number of aliphatic carboxylic acids is 1. The molecule has 0 saturated carbocycles. The lowest BCUT2D eigenvalue weighted by Gasteiger charge is -2.09. The Morgan fingerprint density at radius 3 is 2.56 bits per heavy atom. The van der Waals surface area contributed by atoms with Crippen LogP contribution in [0.2, 0.25) is 0 Å². The van der Waals surface area contributed by atoms with Crippen molar-refractivity contribution in [2.45, 2.75) is 32.3 Å². The van der Waals surface area contributed by atoms with Crippen molar-refractivity contribution in [1.29, 1.82) is 0 Å². The fourth-order valence-electron chi connectivity index (χ4n) is 2.40. The minimum atomic E-state index is -0.722. The van der Waals surface area contributed by atoms with Gasteiger partial charge in [-0.05, 0) is 36.7 Å². The number of ether oxygens (including phenoxy) is 1. The van der Waals surface area contributed by atoms with Crippen molar-refractivity contribution < 1.29 is 14.6 Å². The largest absolute Gasteiger partial charge is 0.488 e. The molecule has 25 heavy (non-hydrogen) atoms. The number of carboxylic acid groups (broad SMARTS) is 1. The number of nitrogens with one attached hydrogen (secondary N) is 1. The number of benzene rings is 2. The quantitative estimate of drug-likeness (QED) is 0.593. The molecule has 0 unspecified atom stereocenters. The third-order valence-corrected chi connectivity index (χ3v) is 3.75. The van der Waals surface area contributed by atoms with Gasteiger partial charge in [0.05, 0.1) is 0 Å². The van der Waals surface area contributed by atoms with Crippen LogP contribution in [-0.2, 0) is 11.4 Å². The smallest absolute Gasteiger partial charge is 0.303 e. The molecule has 2 aromatic rings. The van der Waals surface area contributed by atoms with E-state index in [9.17, 15) is 4.79 Å². The molecule has 4 heteroatoms. The Balaban J connectivity index is 1.75. The van der Waals surface area contributed by atoms with Crippen LogP contribution in [0.25, 0.3) is 6.08 Å². The van der Waals surface area contributed by atoms with Gasteiger partial charge >= 0.3 is 5.97 Å². The molecule has 0 amide bonds.